The summed E-state index contributed by atoms with van der Waals surface area (Å²) in [6, 6.07) is 6.31. The molecule has 3 heterocycles. The van der Waals surface area contributed by atoms with E-state index in [-0.39, 0.29) is 0 Å². The third kappa shape index (κ3) is 2.37. The summed E-state index contributed by atoms with van der Waals surface area (Å²) in [5, 5.41) is 0.483. The largest absolute Gasteiger partial charge is 0.341 e. The van der Waals surface area contributed by atoms with Crippen LogP contribution in [0.3, 0.4) is 0 Å². The average Bonchev–Trinajstić information content (AvgIpc) is 3.02. The Bertz CT molecular complexity index is 602. The van der Waals surface area contributed by atoms with Crippen LogP contribution in [0, 0.1) is 0 Å². The number of unbranched alkanes of at least 4 members (excludes halogenated alkanes) is 1. The van der Waals surface area contributed by atoms with Gasteiger partial charge in [-0.1, -0.05) is 25.5 Å². The highest BCUT2D eigenvalue weighted by Gasteiger charge is 2.26. The molecule has 3 rings (SSSR count). The quantitative estimate of drug-likeness (QED) is 0.845. The van der Waals surface area contributed by atoms with Crippen molar-refractivity contribution in [1.29, 1.82) is 0 Å². The topological polar surface area (TPSA) is 20.5 Å². The molecule has 0 aromatic carbocycles. The Kier molecular flexibility index (Phi) is 3.51. The van der Waals surface area contributed by atoms with Gasteiger partial charge in [-0.15, -0.1) is 11.8 Å². The average molecular weight is 273 g/mol. The summed E-state index contributed by atoms with van der Waals surface area (Å²) in [7, 11) is 0. The van der Waals surface area contributed by atoms with E-state index in [2.05, 4.69) is 46.3 Å². The van der Waals surface area contributed by atoms with Gasteiger partial charge in [0.25, 0.3) is 0 Å². The first-order chi connectivity index (χ1) is 9.29. The molecule has 100 valence electrons. The fraction of sp³-hybridized carbons (Fsp3) is 0.400. The molecule has 4 heteroatoms. The number of fused-ring (bicyclic) bond motifs is 1. The molecule has 0 bridgehead atoms. The van der Waals surface area contributed by atoms with Crippen LogP contribution in [0.1, 0.15) is 26.7 Å². The first-order valence-corrected chi connectivity index (χ1v) is 7.72. The Morgan fingerprint density at radius 3 is 3.21 bits per heavy atom. The lowest BCUT2D eigenvalue weighted by molar-refractivity contribution is 0.844. The molecule has 3 nitrogen and oxygen atoms in total. The lowest BCUT2D eigenvalue weighted by Crippen LogP contribution is -2.27. The molecule has 1 aliphatic rings. The molecule has 0 radical (unpaired) electrons. The summed E-state index contributed by atoms with van der Waals surface area (Å²) in [6.45, 7) is 5.51. The second-order valence-corrected chi connectivity index (χ2v) is 6.29. The third-order valence-corrected chi connectivity index (χ3v) is 4.64. The Labute approximate surface area is 118 Å². The summed E-state index contributed by atoms with van der Waals surface area (Å²) in [6.07, 6.45) is 8.68. The highest BCUT2D eigenvalue weighted by atomic mass is 32.2. The van der Waals surface area contributed by atoms with E-state index < -0.39 is 0 Å². The molecule has 19 heavy (non-hydrogen) atoms. The van der Waals surface area contributed by atoms with Gasteiger partial charge in [-0.25, -0.2) is 4.98 Å². The number of aromatic nitrogens is 2. The molecule has 0 spiro atoms. The third-order valence-electron chi connectivity index (χ3n) is 3.45. The van der Waals surface area contributed by atoms with E-state index in [0.717, 1.165) is 12.2 Å². The summed E-state index contributed by atoms with van der Waals surface area (Å²) >= 11 is 1.97. The minimum Gasteiger partial charge on any atom is -0.341 e. The van der Waals surface area contributed by atoms with Crippen LogP contribution < -0.4 is 4.90 Å². The zero-order chi connectivity index (χ0) is 13.2. The van der Waals surface area contributed by atoms with Crippen molar-refractivity contribution in [3.05, 3.63) is 41.6 Å². The fourth-order valence-electron chi connectivity index (χ4n) is 2.47. The maximum atomic E-state index is 4.36. The van der Waals surface area contributed by atoms with Gasteiger partial charge in [-0.05, 0) is 25.5 Å². The Morgan fingerprint density at radius 1 is 1.47 bits per heavy atom. The van der Waals surface area contributed by atoms with Gasteiger partial charge >= 0.3 is 0 Å². The van der Waals surface area contributed by atoms with Crippen molar-refractivity contribution in [1.82, 2.24) is 9.38 Å². The van der Waals surface area contributed by atoms with Crippen LogP contribution in [0.4, 0.5) is 5.82 Å². The number of hydrogen-bond donors (Lipinski definition) is 0. The van der Waals surface area contributed by atoms with Crippen LogP contribution >= 0.6 is 11.8 Å². The number of rotatable bonds is 3. The van der Waals surface area contributed by atoms with Crippen LogP contribution in [0.25, 0.3) is 5.65 Å². The van der Waals surface area contributed by atoms with Gasteiger partial charge in [-0.3, -0.25) is 4.40 Å². The van der Waals surface area contributed by atoms with Crippen molar-refractivity contribution < 1.29 is 0 Å². The van der Waals surface area contributed by atoms with Crippen LogP contribution in [0.5, 0.6) is 0 Å². The summed E-state index contributed by atoms with van der Waals surface area (Å²) < 4.78 is 2.17. The van der Waals surface area contributed by atoms with Crippen molar-refractivity contribution in [2.45, 2.75) is 32.1 Å². The van der Waals surface area contributed by atoms with Crippen molar-refractivity contribution in [3.8, 4) is 0 Å². The predicted octanol–water partition coefficient (Wildman–Crippen LogP) is 3.92. The maximum Gasteiger partial charge on any atom is 0.138 e. The second-order valence-electron chi connectivity index (χ2n) is 4.84. The fourth-order valence-corrected chi connectivity index (χ4v) is 3.64. The highest BCUT2D eigenvalue weighted by Crippen LogP contribution is 2.37. The van der Waals surface area contributed by atoms with Gasteiger partial charge in [0, 0.05) is 17.3 Å². The minimum atomic E-state index is 0.483. The molecule has 2 aromatic heterocycles. The Hall–Kier alpha value is -1.42. The van der Waals surface area contributed by atoms with Gasteiger partial charge in [-0.2, -0.15) is 0 Å². The van der Waals surface area contributed by atoms with Gasteiger partial charge in [0.15, 0.2) is 0 Å². The summed E-state index contributed by atoms with van der Waals surface area (Å²) in [4.78, 5) is 8.30. The molecule has 1 aliphatic heterocycles. The molecular formula is C15H19N3S. The SMILES string of the molecule is CCCC=C1CN(c2cccc3nccn23)C(C)S1. The van der Waals surface area contributed by atoms with E-state index >= 15 is 0 Å². The number of thioether (sulfide) groups is 1. The molecule has 0 saturated carbocycles. The van der Waals surface area contributed by atoms with Crippen molar-refractivity contribution in [2.24, 2.45) is 0 Å². The van der Waals surface area contributed by atoms with E-state index in [1.807, 2.05) is 30.2 Å². The van der Waals surface area contributed by atoms with E-state index in [4.69, 9.17) is 0 Å². The minimum absolute atomic E-state index is 0.483. The molecule has 0 aliphatic carbocycles. The molecule has 1 saturated heterocycles. The smallest absolute Gasteiger partial charge is 0.138 e. The highest BCUT2D eigenvalue weighted by molar-refractivity contribution is 8.04. The van der Waals surface area contributed by atoms with Crippen LogP contribution in [-0.4, -0.2) is 21.3 Å². The zero-order valence-electron chi connectivity index (χ0n) is 11.4. The first-order valence-electron chi connectivity index (χ1n) is 6.84. The number of allylic oxidation sites excluding steroid dienone is 1. The molecule has 2 aromatic rings. The van der Waals surface area contributed by atoms with Crippen molar-refractivity contribution >= 4 is 23.2 Å². The lowest BCUT2D eigenvalue weighted by atomic mass is 10.3. The van der Waals surface area contributed by atoms with E-state index in [1.54, 1.807) is 0 Å². The second kappa shape index (κ2) is 5.29. The van der Waals surface area contributed by atoms with E-state index in [9.17, 15) is 0 Å². The van der Waals surface area contributed by atoms with Gasteiger partial charge < -0.3 is 4.90 Å². The number of hydrogen-bond acceptors (Lipinski definition) is 3. The zero-order valence-corrected chi connectivity index (χ0v) is 12.2. The van der Waals surface area contributed by atoms with Crippen molar-refractivity contribution in [3.63, 3.8) is 0 Å². The monoisotopic (exact) mass is 273 g/mol. The molecular weight excluding hydrogens is 254 g/mol. The van der Waals surface area contributed by atoms with Crippen molar-refractivity contribution in [2.75, 3.05) is 11.4 Å². The summed E-state index contributed by atoms with van der Waals surface area (Å²) in [5.74, 6) is 1.23. The number of pyridine rings is 1. The normalized spacial score (nSPS) is 21.7. The molecule has 0 amide bonds. The summed E-state index contributed by atoms with van der Waals surface area (Å²) in [5.41, 5.74) is 1.01. The molecule has 0 N–H and O–H groups in total. The van der Waals surface area contributed by atoms with E-state index in [0.29, 0.717) is 5.37 Å². The Morgan fingerprint density at radius 2 is 2.37 bits per heavy atom. The lowest BCUT2D eigenvalue weighted by Gasteiger charge is -2.23. The first kappa shape index (κ1) is 12.6. The molecule has 1 fully saturated rings. The molecule has 1 atom stereocenters. The van der Waals surface area contributed by atoms with E-state index in [1.165, 1.54) is 23.6 Å². The number of anilines is 1. The van der Waals surface area contributed by atoms with Crippen LogP contribution in [0.15, 0.2) is 41.6 Å². The van der Waals surface area contributed by atoms with Gasteiger partial charge in [0.05, 0.1) is 11.9 Å². The standard InChI is InChI=1S/C15H19N3S/c1-3-4-6-13-11-18(12(2)19-13)15-8-5-7-14-16-9-10-17(14)15/h5-10,12H,3-4,11H2,1-2H3. The van der Waals surface area contributed by atoms with Crippen LogP contribution in [-0.2, 0) is 0 Å². The maximum absolute atomic E-state index is 4.36. The van der Waals surface area contributed by atoms with Crippen LogP contribution in [0.2, 0.25) is 0 Å². The van der Waals surface area contributed by atoms with Gasteiger partial charge in [0.1, 0.15) is 11.5 Å². The molecule has 1 unspecified atom stereocenters. The predicted molar refractivity (Wildman–Crippen MR) is 82.6 cm³/mol. The Balaban J connectivity index is 1.92. The number of imidazole rings is 1. The number of nitrogens with zero attached hydrogens (tertiary/aromatic N) is 3. The van der Waals surface area contributed by atoms with Gasteiger partial charge in [0.2, 0.25) is 0 Å².